The van der Waals surface area contributed by atoms with Gasteiger partial charge in [0.1, 0.15) is 10.0 Å². The van der Waals surface area contributed by atoms with E-state index in [1.807, 2.05) is 0 Å². The minimum absolute atomic E-state index is 0.998. The lowest BCUT2D eigenvalue weighted by atomic mass is 9.96. The SMILES string of the molecule is c1ccc2cc(-c3ccc4c(ccc5cc(N(c6ccc7nc(-c8ccc9ccccc9c8)sc7c6)c6ccc7nc(-c8ccc9ccccc9c8)sc7c6)ccc54)c3)ccc2c1. The molecular weight excluding hydrogens is 803 g/mol. The molecule has 13 aromatic rings. The van der Waals surface area contributed by atoms with Crippen LogP contribution < -0.4 is 4.90 Å². The van der Waals surface area contributed by atoms with Crippen molar-refractivity contribution in [2.45, 2.75) is 0 Å². The zero-order valence-electron chi connectivity index (χ0n) is 33.9. The van der Waals surface area contributed by atoms with Crippen molar-refractivity contribution in [3.63, 3.8) is 0 Å². The minimum Gasteiger partial charge on any atom is -0.310 e. The van der Waals surface area contributed by atoms with E-state index in [9.17, 15) is 0 Å². The van der Waals surface area contributed by atoms with Crippen LogP contribution in [0.25, 0.3) is 107 Å². The summed E-state index contributed by atoms with van der Waals surface area (Å²) in [5.74, 6) is 0. The topological polar surface area (TPSA) is 29.0 Å². The van der Waals surface area contributed by atoms with E-state index in [4.69, 9.17) is 9.97 Å². The molecule has 0 saturated heterocycles. The van der Waals surface area contributed by atoms with Crippen LogP contribution in [0.2, 0.25) is 0 Å². The van der Waals surface area contributed by atoms with Crippen LogP contribution in [0.1, 0.15) is 0 Å². The third-order valence-electron chi connectivity index (χ3n) is 12.4. The predicted molar refractivity (Wildman–Crippen MR) is 271 cm³/mol. The lowest BCUT2D eigenvalue weighted by molar-refractivity contribution is 1.30. The maximum atomic E-state index is 5.13. The summed E-state index contributed by atoms with van der Waals surface area (Å²) in [6, 6.07) is 77.2. The number of thiazole rings is 2. The Hall–Kier alpha value is -7.70. The highest BCUT2D eigenvalue weighted by molar-refractivity contribution is 7.22. The fraction of sp³-hybridized carbons (Fsp3) is 0. The molecule has 13 rings (SSSR count). The van der Waals surface area contributed by atoms with Gasteiger partial charge < -0.3 is 4.90 Å². The number of aromatic nitrogens is 2. The van der Waals surface area contributed by atoms with Crippen LogP contribution in [0.3, 0.4) is 0 Å². The Balaban J connectivity index is 0.922. The van der Waals surface area contributed by atoms with Crippen molar-refractivity contribution in [2.75, 3.05) is 4.90 Å². The number of benzene rings is 11. The Bertz CT molecular complexity index is 3800. The highest BCUT2D eigenvalue weighted by atomic mass is 32.1. The van der Waals surface area contributed by atoms with Gasteiger partial charge in [-0.3, -0.25) is 0 Å². The quantitative estimate of drug-likeness (QED) is 0.156. The van der Waals surface area contributed by atoms with Crippen LogP contribution >= 0.6 is 22.7 Å². The first-order chi connectivity index (χ1) is 31.1. The molecule has 0 radical (unpaired) electrons. The Morgan fingerprint density at radius 1 is 0.286 bits per heavy atom. The minimum atomic E-state index is 0.998. The van der Waals surface area contributed by atoms with Gasteiger partial charge in [-0.1, -0.05) is 140 Å². The average Bonchev–Trinajstić information content (AvgIpc) is 3.98. The summed E-state index contributed by atoms with van der Waals surface area (Å²) >= 11 is 3.49. The first-order valence-electron chi connectivity index (χ1n) is 21.2. The normalized spacial score (nSPS) is 11.8. The average molecular weight is 838 g/mol. The standard InChI is InChI=1S/C58H35N3S2/c1-4-10-39-29-42(16-13-36(39)7-1)43-21-25-51-44(30-43)17-18-45-33-48(22-26-52(45)51)61(49-23-27-53-55(34-49)62-57(59-53)46-19-14-37-8-2-5-11-40(37)31-46)50-24-28-54-56(35-50)63-58(60-54)47-20-15-38-9-3-6-12-41(38)32-47/h1-35H. The molecule has 2 aromatic heterocycles. The lowest BCUT2D eigenvalue weighted by Crippen LogP contribution is -2.09. The van der Waals surface area contributed by atoms with E-state index in [2.05, 4.69) is 217 Å². The van der Waals surface area contributed by atoms with Gasteiger partial charge in [0, 0.05) is 28.2 Å². The molecule has 0 bridgehead atoms. The molecule has 294 valence electrons. The molecule has 0 aliphatic heterocycles. The van der Waals surface area contributed by atoms with E-state index in [-0.39, 0.29) is 0 Å². The molecule has 0 fully saturated rings. The van der Waals surface area contributed by atoms with E-state index < -0.39 is 0 Å². The first kappa shape index (κ1) is 36.0. The van der Waals surface area contributed by atoms with Gasteiger partial charge in [-0.2, -0.15) is 0 Å². The predicted octanol–water partition coefficient (Wildman–Crippen LogP) is 17.1. The van der Waals surface area contributed by atoms with Crippen molar-refractivity contribution in [2.24, 2.45) is 0 Å². The van der Waals surface area contributed by atoms with Gasteiger partial charge in [0.15, 0.2) is 0 Å². The van der Waals surface area contributed by atoms with Crippen molar-refractivity contribution >= 4 is 114 Å². The molecule has 5 heteroatoms. The van der Waals surface area contributed by atoms with E-state index in [1.165, 1.54) is 65.0 Å². The molecule has 0 aliphatic carbocycles. The van der Waals surface area contributed by atoms with Crippen molar-refractivity contribution in [1.29, 1.82) is 0 Å². The fourth-order valence-electron chi connectivity index (χ4n) is 9.19. The van der Waals surface area contributed by atoms with Gasteiger partial charge >= 0.3 is 0 Å². The van der Waals surface area contributed by atoms with E-state index >= 15 is 0 Å². The zero-order valence-corrected chi connectivity index (χ0v) is 35.5. The van der Waals surface area contributed by atoms with Gasteiger partial charge in [0.25, 0.3) is 0 Å². The number of rotatable bonds is 6. The summed E-state index contributed by atoms with van der Waals surface area (Å²) in [6.45, 7) is 0. The van der Waals surface area contributed by atoms with Crippen LogP contribution in [-0.2, 0) is 0 Å². The van der Waals surface area contributed by atoms with Crippen LogP contribution in [0.4, 0.5) is 17.1 Å². The molecule has 0 amide bonds. The fourth-order valence-corrected chi connectivity index (χ4v) is 11.2. The third kappa shape index (κ3) is 6.32. The molecule has 0 spiro atoms. The summed E-state index contributed by atoms with van der Waals surface area (Å²) in [6.07, 6.45) is 0. The Labute approximate surface area is 371 Å². The summed E-state index contributed by atoms with van der Waals surface area (Å²) < 4.78 is 2.29. The molecule has 63 heavy (non-hydrogen) atoms. The van der Waals surface area contributed by atoms with Crippen molar-refractivity contribution in [3.8, 4) is 32.3 Å². The van der Waals surface area contributed by atoms with Crippen molar-refractivity contribution < 1.29 is 0 Å². The van der Waals surface area contributed by atoms with Gasteiger partial charge in [-0.05, 0) is 138 Å². The second-order valence-electron chi connectivity index (χ2n) is 16.3. The summed E-state index contributed by atoms with van der Waals surface area (Å²) in [5, 5.41) is 14.4. The Morgan fingerprint density at radius 3 is 1.17 bits per heavy atom. The first-order valence-corrected chi connectivity index (χ1v) is 22.8. The molecule has 0 aliphatic rings. The van der Waals surface area contributed by atoms with Crippen LogP contribution in [-0.4, -0.2) is 9.97 Å². The highest BCUT2D eigenvalue weighted by Gasteiger charge is 2.18. The molecule has 2 heterocycles. The molecule has 0 atom stereocenters. The van der Waals surface area contributed by atoms with E-state index in [0.717, 1.165) is 58.6 Å². The number of hydrogen-bond acceptors (Lipinski definition) is 5. The summed E-state index contributed by atoms with van der Waals surface area (Å²) in [5.41, 5.74) is 9.97. The summed E-state index contributed by atoms with van der Waals surface area (Å²) in [4.78, 5) is 12.6. The van der Waals surface area contributed by atoms with Gasteiger partial charge in [-0.15, -0.1) is 22.7 Å². The maximum absolute atomic E-state index is 5.13. The van der Waals surface area contributed by atoms with E-state index in [1.54, 1.807) is 22.7 Å². The third-order valence-corrected chi connectivity index (χ3v) is 14.5. The number of hydrogen-bond donors (Lipinski definition) is 0. The van der Waals surface area contributed by atoms with Crippen molar-refractivity contribution in [1.82, 2.24) is 9.97 Å². The number of anilines is 3. The molecule has 11 aromatic carbocycles. The second-order valence-corrected chi connectivity index (χ2v) is 18.3. The second kappa shape index (κ2) is 14.5. The van der Waals surface area contributed by atoms with E-state index in [0.29, 0.717) is 0 Å². The zero-order chi connectivity index (χ0) is 41.4. The van der Waals surface area contributed by atoms with Crippen LogP contribution in [0.5, 0.6) is 0 Å². The van der Waals surface area contributed by atoms with Gasteiger partial charge in [0.2, 0.25) is 0 Å². The smallest absolute Gasteiger partial charge is 0.124 e. The largest absolute Gasteiger partial charge is 0.310 e. The number of fused-ring (bicyclic) bond motifs is 8. The molecule has 3 nitrogen and oxygen atoms in total. The lowest BCUT2D eigenvalue weighted by Gasteiger charge is -2.26. The summed E-state index contributed by atoms with van der Waals surface area (Å²) in [7, 11) is 0. The van der Waals surface area contributed by atoms with Crippen LogP contribution in [0.15, 0.2) is 212 Å². The van der Waals surface area contributed by atoms with Gasteiger partial charge in [-0.25, -0.2) is 9.97 Å². The highest BCUT2D eigenvalue weighted by Crippen LogP contribution is 2.43. The molecular formula is C58H35N3S2. The Kier molecular flexibility index (Phi) is 8.26. The van der Waals surface area contributed by atoms with Crippen LogP contribution in [0, 0.1) is 0 Å². The molecule has 0 N–H and O–H groups in total. The van der Waals surface area contributed by atoms with Gasteiger partial charge in [0.05, 0.1) is 20.4 Å². The van der Waals surface area contributed by atoms with Crippen molar-refractivity contribution in [3.05, 3.63) is 212 Å². The number of nitrogens with zero attached hydrogens (tertiary/aromatic N) is 3. The Morgan fingerprint density at radius 2 is 0.651 bits per heavy atom. The maximum Gasteiger partial charge on any atom is 0.124 e. The molecule has 0 saturated carbocycles. The monoisotopic (exact) mass is 837 g/mol. The molecule has 0 unspecified atom stereocenters.